The molecule has 6 nitrogen and oxygen atoms in total. The number of terminal acetylenes is 1. The molecule has 1 heterocycles. The zero-order chi connectivity index (χ0) is 14.1. The van der Waals surface area contributed by atoms with Gasteiger partial charge in [-0.25, -0.2) is 0 Å². The van der Waals surface area contributed by atoms with Crippen LogP contribution in [0.3, 0.4) is 0 Å². The van der Waals surface area contributed by atoms with Crippen molar-refractivity contribution < 1.29 is 9.59 Å². The Hall–Kier alpha value is -1.58. The van der Waals surface area contributed by atoms with Crippen LogP contribution in [0.5, 0.6) is 0 Å². The lowest BCUT2D eigenvalue weighted by molar-refractivity contribution is -0.128. The van der Waals surface area contributed by atoms with Crippen LogP contribution in [-0.4, -0.2) is 56.0 Å². The molecule has 0 bridgehead atoms. The summed E-state index contributed by atoms with van der Waals surface area (Å²) in [7, 11) is 0. The third kappa shape index (κ3) is 5.73. The normalized spacial score (nSPS) is 19.5. The van der Waals surface area contributed by atoms with E-state index in [2.05, 4.69) is 16.6 Å². The SMILES string of the molecule is C#CCNC(=O)CN1CCCC(C(=O)NCCN)C1. The van der Waals surface area contributed by atoms with Gasteiger partial charge in [-0.3, -0.25) is 14.5 Å². The highest BCUT2D eigenvalue weighted by Gasteiger charge is 2.26. The number of nitrogens with zero attached hydrogens (tertiary/aromatic N) is 1. The highest BCUT2D eigenvalue weighted by Crippen LogP contribution is 2.16. The van der Waals surface area contributed by atoms with Gasteiger partial charge < -0.3 is 16.4 Å². The topological polar surface area (TPSA) is 87.5 Å². The Labute approximate surface area is 114 Å². The molecule has 0 aliphatic carbocycles. The highest BCUT2D eigenvalue weighted by atomic mass is 16.2. The van der Waals surface area contributed by atoms with Gasteiger partial charge in [0.1, 0.15) is 0 Å². The minimum atomic E-state index is -0.0963. The van der Waals surface area contributed by atoms with Crippen molar-refractivity contribution in [1.29, 1.82) is 0 Å². The highest BCUT2D eigenvalue weighted by molar-refractivity contribution is 5.80. The predicted molar refractivity (Wildman–Crippen MR) is 73.1 cm³/mol. The zero-order valence-corrected chi connectivity index (χ0v) is 11.2. The molecule has 0 saturated carbocycles. The number of nitrogens with two attached hydrogens (primary N) is 1. The lowest BCUT2D eigenvalue weighted by Crippen LogP contribution is -2.47. The molecule has 1 rings (SSSR count). The number of piperidine rings is 1. The molecule has 1 aliphatic rings. The number of carbonyl (C=O) groups is 2. The number of rotatable bonds is 6. The van der Waals surface area contributed by atoms with Crippen LogP contribution in [0.1, 0.15) is 12.8 Å². The van der Waals surface area contributed by atoms with Crippen molar-refractivity contribution >= 4 is 11.8 Å². The van der Waals surface area contributed by atoms with E-state index in [0.29, 0.717) is 26.2 Å². The van der Waals surface area contributed by atoms with Crippen LogP contribution in [0.15, 0.2) is 0 Å². The summed E-state index contributed by atoms with van der Waals surface area (Å²) < 4.78 is 0. The molecule has 0 aromatic heterocycles. The number of carbonyl (C=O) groups excluding carboxylic acids is 2. The third-order valence-corrected chi connectivity index (χ3v) is 3.07. The van der Waals surface area contributed by atoms with Gasteiger partial charge in [-0.05, 0) is 19.4 Å². The average molecular weight is 266 g/mol. The van der Waals surface area contributed by atoms with Crippen LogP contribution in [0.2, 0.25) is 0 Å². The van der Waals surface area contributed by atoms with Crippen molar-refractivity contribution in [2.24, 2.45) is 11.7 Å². The molecular formula is C13H22N4O2. The Morgan fingerprint density at radius 3 is 2.89 bits per heavy atom. The van der Waals surface area contributed by atoms with E-state index < -0.39 is 0 Å². The van der Waals surface area contributed by atoms with E-state index in [9.17, 15) is 9.59 Å². The lowest BCUT2D eigenvalue weighted by Gasteiger charge is -2.31. The number of amides is 2. The van der Waals surface area contributed by atoms with Gasteiger partial charge in [0.2, 0.25) is 11.8 Å². The third-order valence-electron chi connectivity index (χ3n) is 3.07. The molecule has 2 amide bonds. The maximum Gasteiger partial charge on any atom is 0.234 e. The smallest absolute Gasteiger partial charge is 0.234 e. The molecule has 19 heavy (non-hydrogen) atoms. The van der Waals surface area contributed by atoms with Gasteiger partial charge >= 0.3 is 0 Å². The van der Waals surface area contributed by atoms with Gasteiger partial charge in [0.15, 0.2) is 0 Å². The lowest BCUT2D eigenvalue weighted by atomic mass is 9.97. The maximum absolute atomic E-state index is 11.8. The maximum atomic E-state index is 11.8. The monoisotopic (exact) mass is 266 g/mol. The Morgan fingerprint density at radius 1 is 1.42 bits per heavy atom. The van der Waals surface area contributed by atoms with Gasteiger partial charge in [0.25, 0.3) is 0 Å². The second-order valence-electron chi connectivity index (χ2n) is 4.63. The number of nitrogens with one attached hydrogen (secondary N) is 2. The van der Waals surface area contributed by atoms with E-state index >= 15 is 0 Å². The van der Waals surface area contributed by atoms with Gasteiger partial charge in [-0.1, -0.05) is 5.92 Å². The summed E-state index contributed by atoms with van der Waals surface area (Å²) in [5.74, 6) is 2.24. The molecule has 0 aromatic rings. The zero-order valence-electron chi connectivity index (χ0n) is 11.2. The molecular weight excluding hydrogens is 244 g/mol. The van der Waals surface area contributed by atoms with E-state index in [0.717, 1.165) is 19.4 Å². The fourth-order valence-electron chi connectivity index (χ4n) is 2.16. The molecule has 1 atom stereocenters. The summed E-state index contributed by atoms with van der Waals surface area (Å²) in [4.78, 5) is 25.4. The fraction of sp³-hybridized carbons (Fsp3) is 0.692. The fourth-order valence-corrected chi connectivity index (χ4v) is 2.16. The van der Waals surface area contributed by atoms with Crippen molar-refractivity contribution in [3.8, 4) is 12.3 Å². The molecule has 1 saturated heterocycles. The molecule has 106 valence electrons. The van der Waals surface area contributed by atoms with Crippen molar-refractivity contribution in [1.82, 2.24) is 15.5 Å². The number of likely N-dealkylation sites (tertiary alicyclic amines) is 1. The average Bonchev–Trinajstić information content (AvgIpc) is 2.42. The van der Waals surface area contributed by atoms with Crippen LogP contribution in [0.4, 0.5) is 0 Å². The van der Waals surface area contributed by atoms with Crippen LogP contribution < -0.4 is 16.4 Å². The van der Waals surface area contributed by atoms with E-state index in [1.54, 1.807) is 0 Å². The Balaban J connectivity index is 2.35. The first-order valence-electron chi connectivity index (χ1n) is 6.57. The summed E-state index contributed by atoms with van der Waals surface area (Å²) in [6.45, 7) is 2.92. The van der Waals surface area contributed by atoms with E-state index in [-0.39, 0.29) is 24.3 Å². The van der Waals surface area contributed by atoms with Gasteiger partial charge in [-0.2, -0.15) is 0 Å². The van der Waals surface area contributed by atoms with Crippen LogP contribution in [0, 0.1) is 18.3 Å². The number of hydrogen-bond acceptors (Lipinski definition) is 4. The first-order valence-corrected chi connectivity index (χ1v) is 6.57. The minimum absolute atomic E-state index is 0.0270. The molecule has 0 aromatic carbocycles. The summed E-state index contributed by atoms with van der Waals surface area (Å²) in [6.07, 6.45) is 6.86. The summed E-state index contributed by atoms with van der Waals surface area (Å²) in [5.41, 5.74) is 5.35. The molecule has 1 fully saturated rings. The largest absolute Gasteiger partial charge is 0.355 e. The van der Waals surface area contributed by atoms with Crippen LogP contribution >= 0.6 is 0 Å². The van der Waals surface area contributed by atoms with Crippen molar-refractivity contribution in [3.05, 3.63) is 0 Å². The summed E-state index contributed by atoms with van der Waals surface area (Å²) >= 11 is 0. The van der Waals surface area contributed by atoms with E-state index in [1.165, 1.54) is 0 Å². The van der Waals surface area contributed by atoms with Crippen molar-refractivity contribution in [2.75, 3.05) is 39.3 Å². The first kappa shape index (κ1) is 15.5. The first-order chi connectivity index (χ1) is 9.17. The van der Waals surface area contributed by atoms with Crippen molar-refractivity contribution in [3.63, 3.8) is 0 Å². The summed E-state index contributed by atoms with van der Waals surface area (Å²) in [5, 5.41) is 5.42. The van der Waals surface area contributed by atoms with E-state index in [1.807, 2.05) is 4.90 Å². The predicted octanol–water partition coefficient (Wildman–Crippen LogP) is -1.48. The van der Waals surface area contributed by atoms with Crippen molar-refractivity contribution in [2.45, 2.75) is 12.8 Å². The van der Waals surface area contributed by atoms with Crippen LogP contribution in [-0.2, 0) is 9.59 Å². The second-order valence-corrected chi connectivity index (χ2v) is 4.63. The van der Waals surface area contributed by atoms with Crippen LogP contribution in [0.25, 0.3) is 0 Å². The Bertz CT molecular complexity index is 351. The van der Waals surface area contributed by atoms with Gasteiger partial charge in [-0.15, -0.1) is 6.42 Å². The Kier molecular flexibility index (Phi) is 6.93. The standard InChI is InChI=1S/C13H22N4O2/c1-2-6-15-12(18)10-17-8-3-4-11(9-17)13(19)16-7-5-14/h1,11H,3-10,14H2,(H,15,18)(H,16,19). The molecule has 1 unspecified atom stereocenters. The molecule has 6 heteroatoms. The second kappa shape index (κ2) is 8.51. The Morgan fingerprint density at radius 2 is 2.21 bits per heavy atom. The molecule has 1 aliphatic heterocycles. The van der Waals surface area contributed by atoms with Gasteiger partial charge in [0.05, 0.1) is 19.0 Å². The quantitative estimate of drug-likeness (QED) is 0.512. The molecule has 0 spiro atoms. The minimum Gasteiger partial charge on any atom is -0.355 e. The molecule has 0 radical (unpaired) electrons. The van der Waals surface area contributed by atoms with E-state index in [4.69, 9.17) is 12.2 Å². The number of hydrogen-bond donors (Lipinski definition) is 3. The molecule has 4 N–H and O–H groups in total. The van der Waals surface area contributed by atoms with Gasteiger partial charge in [0, 0.05) is 19.6 Å². The summed E-state index contributed by atoms with van der Waals surface area (Å²) in [6, 6.07) is 0.